The largest absolute Gasteiger partial charge is 0.384 e. The molecule has 0 unspecified atom stereocenters. The number of nitrogens with one attached hydrogen (secondary N) is 2. The van der Waals surface area contributed by atoms with Gasteiger partial charge >= 0.3 is 0 Å². The van der Waals surface area contributed by atoms with E-state index in [0.717, 1.165) is 0 Å². The van der Waals surface area contributed by atoms with Crippen LogP contribution >= 0.6 is 12.4 Å². The van der Waals surface area contributed by atoms with Gasteiger partial charge in [0.25, 0.3) is 0 Å². The molecule has 0 bridgehead atoms. The molecule has 4 N–H and O–H groups in total. The quantitative estimate of drug-likeness (QED) is 0.420. The van der Waals surface area contributed by atoms with Crippen LogP contribution in [0.2, 0.25) is 0 Å². The van der Waals surface area contributed by atoms with Crippen molar-refractivity contribution in [1.29, 1.82) is 5.41 Å². The monoisotopic (exact) mass is 255 g/mol. The predicted octanol–water partition coefficient (Wildman–Crippen LogP) is 1.31. The van der Waals surface area contributed by atoms with Crippen molar-refractivity contribution in [3.63, 3.8) is 0 Å². The van der Waals surface area contributed by atoms with Gasteiger partial charge in [-0.1, -0.05) is 0 Å². The molecule has 1 aromatic rings. The zero-order valence-electron chi connectivity index (χ0n) is 9.10. The first-order chi connectivity index (χ1) is 7.63. The Bertz CT molecular complexity index is 404. The molecule has 0 saturated heterocycles. The SMILES string of the molecule is Cl.N=C(N)c1ccc(NC(=O)CCC=O)cc1. The molecule has 1 rings (SSSR count). The summed E-state index contributed by atoms with van der Waals surface area (Å²) in [6, 6.07) is 6.63. The molecule has 17 heavy (non-hydrogen) atoms. The fourth-order valence-electron chi connectivity index (χ4n) is 1.15. The number of anilines is 1. The van der Waals surface area contributed by atoms with Crippen LogP contribution in [0.25, 0.3) is 0 Å². The lowest BCUT2D eigenvalue weighted by Gasteiger charge is -2.04. The van der Waals surface area contributed by atoms with Crippen molar-refractivity contribution in [1.82, 2.24) is 0 Å². The van der Waals surface area contributed by atoms with Crippen molar-refractivity contribution in [2.45, 2.75) is 12.8 Å². The molecule has 0 saturated carbocycles. The predicted molar refractivity (Wildman–Crippen MR) is 68.6 cm³/mol. The van der Waals surface area contributed by atoms with E-state index in [1.54, 1.807) is 24.3 Å². The molecule has 0 fully saturated rings. The first-order valence-electron chi connectivity index (χ1n) is 4.81. The van der Waals surface area contributed by atoms with Gasteiger partial charge in [0.2, 0.25) is 5.91 Å². The highest BCUT2D eigenvalue weighted by atomic mass is 35.5. The number of halogens is 1. The van der Waals surface area contributed by atoms with Gasteiger partial charge in [0.1, 0.15) is 12.1 Å². The highest BCUT2D eigenvalue weighted by molar-refractivity contribution is 5.96. The van der Waals surface area contributed by atoms with E-state index >= 15 is 0 Å². The average Bonchev–Trinajstić information content (AvgIpc) is 2.27. The summed E-state index contributed by atoms with van der Waals surface area (Å²) in [4.78, 5) is 21.3. The van der Waals surface area contributed by atoms with E-state index < -0.39 is 0 Å². The van der Waals surface area contributed by atoms with Crippen molar-refractivity contribution in [2.75, 3.05) is 5.32 Å². The Hall–Kier alpha value is -1.88. The van der Waals surface area contributed by atoms with E-state index in [-0.39, 0.29) is 37.0 Å². The number of aldehydes is 1. The van der Waals surface area contributed by atoms with Crippen LogP contribution in [0.15, 0.2) is 24.3 Å². The molecule has 0 spiro atoms. The molecule has 0 aromatic heterocycles. The van der Waals surface area contributed by atoms with Crippen LogP contribution in [0, 0.1) is 5.41 Å². The second-order valence-electron chi connectivity index (χ2n) is 3.24. The molecule has 0 radical (unpaired) electrons. The second-order valence-corrected chi connectivity index (χ2v) is 3.24. The van der Waals surface area contributed by atoms with Crippen LogP contribution in [0.4, 0.5) is 5.69 Å². The molecule has 6 heteroatoms. The lowest BCUT2D eigenvalue weighted by atomic mass is 10.2. The maximum atomic E-state index is 11.3. The molecule has 92 valence electrons. The smallest absolute Gasteiger partial charge is 0.224 e. The minimum Gasteiger partial charge on any atom is -0.384 e. The lowest BCUT2D eigenvalue weighted by molar-refractivity contribution is -0.118. The standard InChI is InChI=1S/C11H13N3O2.ClH/c12-11(13)8-3-5-9(6-4-8)14-10(16)2-1-7-15;/h3-7H,1-2H2,(H3,12,13)(H,14,16);1H. The first kappa shape index (κ1) is 15.1. The van der Waals surface area contributed by atoms with Crippen molar-refractivity contribution >= 4 is 36.1 Å². The summed E-state index contributed by atoms with van der Waals surface area (Å²) in [7, 11) is 0. The summed E-state index contributed by atoms with van der Waals surface area (Å²) in [6.45, 7) is 0. The number of carbonyl (C=O) groups is 2. The summed E-state index contributed by atoms with van der Waals surface area (Å²) in [5.74, 6) is -0.221. The van der Waals surface area contributed by atoms with Gasteiger partial charge in [0.05, 0.1) is 0 Å². The Morgan fingerprint density at radius 1 is 1.35 bits per heavy atom. The normalized spacial score (nSPS) is 8.94. The maximum Gasteiger partial charge on any atom is 0.224 e. The number of amides is 1. The fourth-order valence-corrected chi connectivity index (χ4v) is 1.15. The number of rotatable bonds is 5. The van der Waals surface area contributed by atoms with Crippen LogP contribution < -0.4 is 11.1 Å². The van der Waals surface area contributed by atoms with Crippen molar-refractivity contribution in [3.8, 4) is 0 Å². The highest BCUT2D eigenvalue weighted by Crippen LogP contribution is 2.09. The first-order valence-corrected chi connectivity index (χ1v) is 4.81. The van der Waals surface area contributed by atoms with Crippen molar-refractivity contribution in [3.05, 3.63) is 29.8 Å². The van der Waals surface area contributed by atoms with Crippen LogP contribution in [0.3, 0.4) is 0 Å². The molecule has 5 nitrogen and oxygen atoms in total. The van der Waals surface area contributed by atoms with E-state index in [0.29, 0.717) is 17.5 Å². The van der Waals surface area contributed by atoms with Crippen molar-refractivity contribution < 1.29 is 9.59 Å². The molecule has 0 atom stereocenters. The number of carbonyl (C=O) groups excluding carboxylic acids is 2. The molecule has 0 aliphatic heterocycles. The molecule has 0 aliphatic carbocycles. The summed E-state index contributed by atoms with van der Waals surface area (Å²) in [5.41, 5.74) is 6.52. The Kier molecular flexibility index (Phi) is 6.58. The van der Waals surface area contributed by atoms with Crippen LogP contribution in [-0.2, 0) is 9.59 Å². The van der Waals surface area contributed by atoms with Gasteiger partial charge in [-0.25, -0.2) is 0 Å². The van der Waals surface area contributed by atoms with Crippen LogP contribution in [0.5, 0.6) is 0 Å². The zero-order valence-corrected chi connectivity index (χ0v) is 9.92. The molecular formula is C11H14ClN3O2. The van der Waals surface area contributed by atoms with Gasteiger partial charge in [-0.3, -0.25) is 10.2 Å². The topological polar surface area (TPSA) is 96.0 Å². The highest BCUT2D eigenvalue weighted by Gasteiger charge is 2.02. The van der Waals surface area contributed by atoms with E-state index in [4.69, 9.17) is 11.1 Å². The lowest BCUT2D eigenvalue weighted by Crippen LogP contribution is -2.13. The molecule has 1 aromatic carbocycles. The van der Waals surface area contributed by atoms with Crippen LogP contribution in [-0.4, -0.2) is 18.0 Å². The van der Waals surface area contributed by atoms with Gasteiger partial charge in [-0.15, -0.1) is 12.4 Å². The number of hydrogen-bond donors (Lipinski definition) is 3. The number of nitrogen functional groups attached to an aromatic ring is 1. The van der Waals surface area contributed by atoms with Gasteiger partial charge in [-0.05, 0) is 24.3 Å². The van der Waals surface area contributed by atoms with Crippen LogP contribution in [0.1, 0.15) is 18.4 Å². The Labute approximate surface area is 105 Å². The van der Waals surface area contributed by atoms with Gasteiger partial charge < -0.3 is 15.8 Å². The molecule has 0 heterocycles. The Morgan fingerprint density at radius 3 is 2.41 bits per heavy atom. The maximum absolute atomic E-state index is 11.3. The van der Waals surface area contributed by atoms with E-state index in [1.807, 2.05) is 0 Å². The van der Waals surface area contributed by atoms with Gasteiger partial charge in [0, 0.05) is 24.1 Å². The average molecular weight is 256 g/mol. The second kappa shape index (κ2) is 7.40. The summed E-state index contributed by atoms with van der Waals surface area (Å²) >= 11 is 0. The van der Waals surface area contributed by atoms with Crippen molar-refractivity contribution in [2.24, 2.45) is 5.73 Å². The number of nitrogens with two attached hydrogens (primary N) is 1. The molecular weight excluding hydrogens is 242 g/mol. The summed E-state index contributed by atoms with van der Waals surface area (Å²) in [5, 5.41) is 9.82. The number of amidine groups is 1. The zero-order chi connectivity index (χ0) is 12.0. The van der Waals surface area contributed by atoms with Gasteiger partial charge in [0.15, 0.2) is 0 Å². The molecule has 0 aliphatic rings. The minimum atomic E-state index is -0.206. The Balaban J connectivity index is 0.00000256. The Morgan fingerprint density at radius 2 is 1.94 bits per heavy atom. The van der Waals surface area contributed by atoms with Gasteiger partial charge in [-0.2, -0.15) is 0 Å². The summed E-state index contributed by atoms with van der Waals surface area (Å²) < 4.78 is 0. The van der Waals surface area contributed by atoms with E-state index in [1.165, 1.54) is 0 Å². The van der Waals surface area contributed by atoms with E-state index in [2.05, 4.69) is 5.32 Å². The van der Waals surface area contributed by atoms with E-state index in [9.17, 15) is 9.59 Å². The third-order valence-electron chi connectivity index (χ3n) is 1.97. The third-order valence-corrected chi connectivity index (χ3v) is 1.97. The number of benzene rings is 1. The number of hydrogen-bond acceptors (Lipinski definition) is 3. The summed E-state index contributed by atoms with van der Waals surface area (Å²) in [6.07, 6.45) is 1.10. The third kappa shape index (κ3) is 5.12. The molecule has 1 amide bonds. The fraction of sp³-hybridized carbons (Fsp3) is 0.182. The minimum absolute atomic E-state index is 0.